The predicted octanol–water partition coefficient (Wildman–Crippen LogP) is 3.68. The van der Waals surface area contributed by atoms with E-state index in [0.717, 1.165) is 12.8 Å². The topological polar surface area (TPSA) is 64.6 Å². The summed E-state index contributed by atoms with van der Waals surface area (Å²) in [5.41, 5.74) is 1.68. The number of rotatable bonds is 5. The van der Waals surface area contributed by atoms with Crippen LogP contribution >= 0.6 is 11.6 Å². The molecule has 1 aliphatic carbocycles. The Hall–Kier alpha value is -2.79. The van der Waals surface area contributed by atoms with Gasteiger partial charge in [-0.05, 0) is 37.1 Å². The summed E-state index contributed by atoms with van der Waals surface area (Å²) in [5.74, 6) is -0.236. The molecule has 1 amide bonds. The second-order valence-electron chi connectivity index (χ2n) is 6.62. The highest BCUT2D eigenvalue weighted by Crippen LogP contribution is 2.30. The van der Waals surface area contributed by atoms with Gasteiger partial charge in [0.05, 0.1) is 5.57 Å². The molecule has 1 saturated carbocycles. The van der Waals surface area contributed by atoms with E-state index in [-0.39, 0.29) is 18.6 Å². The van der Waals surface area contributed by atoms with Crippen molar-refractivity contribution in [2.45, 2.75) is 25.0 Å². The van der Waals surface area contributed by atoms with Crippen LogP contribution in [0.2, 0.25) is 5.02 Å². The van der Waals surface area contributed by atoms with Gasteiger partial charge >= 0.3 is 5.97 Å². The molecule has 2 aliphatic rings. The van der Waals surface area contributed by atoms with Gasteiger partial charge in [0.15, 0.2) is 0 Å². The SMILES string of the molecule is O=C(O[C@H](C(=O)NC1CC1)c1ccccc1)C1=Cc2cc(Cl)ccc2OC1. The highest BCUT2D eigenvalue weighted by molar-refractivity contribution is 6.30. The van der Waals surface area contributed by atoms with Crippen LogP contribution in [-0.4, -0.2) is 24.5 Å². The summed E-state index contributed by atoms with van der Waals surface area (Å²) in [5, 5.41) is 3.45. The first-order valence-electron chi connectivity index (χ1n) is 8.79. The van der Waals surface area contributed by atoms with Crippen molar-refractivity contribution in [3.05, 3.63) is 70.3 Å². The van der Waals surface area contributed by atoms with Gasteiger partial charge in [-0.15, -0.1) is 0 Å². The number of halogens is 1. The van der Waals surface area contributed by atoms with Crippen LogP contribution < -0.4 is 10.1 Å². The van der Waals surface area contributed by atoms with E-state index in [1.807, 2.05) is 18.2 Å². The highest BCUT2D eigenvalue weighted by Gasteiger charge is 2.32. The Morgan fingerprint density at radius 1 is 1.15 bits per heavy atom. The van der Waals surface area contributed by atoms with Crippen LogP contribution in [0.15, 0.2) is 54.1 Å². The zero-order valence-electron chi connectivity index (χ0n) is 14.5. The molecule has 2 aromatic rings. The third kappa shape index (κ3) is 4.14. The number of ether oxygens (including phenoxy) is 2. The zero-order chi connectivity index (χ0) is 18.8. The molecule has 0 spiro atoms. The van der Waals surface area contributed by atoms with Crippen molar-refractivity contribution in [3.8, 4) is 5.75 Å². The first-order valence-corrected chi connectivity index (χ1v) is 9.17. The summed E-state index contributed by atoms with van der Waals surface area (Å²) in [4.78, 5) is 25.3. The van der Waals surface area contributed by atoms with Crippen LogP contribution in [0.1, 0.15) is 30.1 Å². The summed E-state index contributed by atoms with van der Waals surface area (Å²) in [6, 6.07) is 14.4. The highest BCUT2D eigenvalue weighted by atomic mass is 35.5. The molecular formula is C21H18ClNO4. The molecule has 0 saturated heterocycles. The molecule has 138 valence electrons. The van der Waals surface area contributed by atoms with E-state index < -0.39 is 12.1 Å². The summed E-state index contributed by atoms with van der Waals surface area (Å²) >= 11 is 6.01. The normalized spacial score (nSPS) is 16.4. The summed E-state index contributed by atoms with van der Waals surface area (Å²) in [6.45, 7) is 0.0826. The predicted molar refractivity (Wildman–Crippen MR) is 101 cm³/mol. The molecule has 0 aromatic heterocycles. The minimum atomic E-state index is -0.999. The third-order valence-corrected chi connectivity index (χ3v) is 4.67. The quantitative estimate of drug-likeness (QED) is 0.800. The fourth-order valence-electron chi connectivity index (χ4n) is 2.85. The van der Waals surface area contributed by atoms with Crippen LogP contribution in [0.4, 0.5) is 0 Å². The van der Waals surface area contributed by atoms with Crippen molar-refractivity contribution in [2.24, 2.45) is 0 Å². The molecule has 0 bridgehead atoms. The molecular weight excluding hydrogens is 366 g/mol. The van der Waals surface area contributed by atoms with E-state index in [4.69, 9.17) is 21.1 Å². The second kappa shape index (κ2) is 7.45. The van der Waals surface area contributed by atoms with Crippen molar-refractivity contribution < 1.29 is 19.1 Å². The maximum atomic E-state index is 12.7. The maximum Gasteiger partial charge on any atom is 0.338 e. The lowest BCUT2D eigenvalue weighted by Crippen LogP contribution is -2.34. The van der Waals surface area contributed by atoms with Gasteiger partial charge in [0, 0.05) is 22.2 Å². The number of benzene rings is 2. The lowest BCUT2D eigenvalue weighted by molar-refractivity contribution is -0.153. The molecule has 6 heteroatoms. The maximum absolute atomic E-state index is 12.7. The van der Waals surface area contributed by atoms with E-state index in [2.05, 4.69) is 5.32 Å². The van der Waals surface area contributed by atoms with E-state index in [0.29, 0.717) is 27.5 Å². The molecule has 2 aromatic carbocycles. The number of hydrogen-bond acceptors (Lipinski definition) is 4. The lowest BCUT2D eigenvalue weighted by Gasteiger charge is -2.21. The van der Waals surface area contributed by atoms with Crippen molar-refractivity contribution in [1.82, 2.24) is 5.32 Å². The van der Waals surface area contributed by atoms with E-state index >= 15 is 0 Å². The molecule has 0 radical (unpaired) electrons. The molecule has 1 N–H and O–H groups in total. The molecule has 1 aliphatic heterocycles. The Balaban J connectivity index is 1.55. The van der Waals surface area contributed by atoms with Gasteiger partial charge in [-0.2, -0.15) is 0 Å². The standard InChI is InChI=1S/C21H18ClNO4/c22-16-6-9-18-14(11-16)10-15(12-26-18)21(25)27-19(13-4-2-1-3-5-13)20(24)23-17-7-8-17/h1-6,9-11,17,19H,7-8,12H2,(H,23,24)/t19-/m0/s1. The van der Waals surface area contributed by atoms with E-state index in [9.17, 15) is 9.59 Å². The van der Waals surface area contributed by atoms with Gasteiger partial charge in [-0.1, -0.05) is 41.9 Å². The van der Waals surface area contributed by atoms with Gasteiger partial charge in [-0.3, -0.25) is 4.79 Å². The monoisotopic (exact) mass is 383 g/mol. The first-order chi connectivity index (χ1) is 13.1. The number of esters is 1. The number of carbonyl (C=O) groups excluding carboxylic acids is 2. The molecule has 27 heavy (non-hydrogen) atoms. The minimum Gasteiger partial charge on any atom is -0.488 e. The molecule has 4 rings (SSSR count). The number of hydrogen-bond donors (Lipinski definition) is 1. The first kappa shape index (κ1) is 17.6. The Kier molecular flexibility index (Phi) is 4.86. The van der Waals surface area contributed by atoms with Crippen LogP contribution in [0.5, 0.6) is 5.75 Å². The minimum absolute atomic E-state index is 0.0826. The molecule has 0 unspecified atom stereocenters. The number of fused-ring (bicyclic) bond motifs is 1. The van der Waals surface area contributed by atoms with Crippen LogP contribution in [0, 0.1) is 0 Å². The summed E-state index contributed by atoms with van der Waals surface area (Å²) < 4.78 is 11.2. The fraction of sp³-hybridized carbons (Fsp3) is 0.238. The summed E-state index contributed by atoms with van der Waals surface area (Å²) in [7, 11) is 0. The molecule has 5 nitrogen and oxygen atoms in total. The van der Waals surface area contributed by atoms with Crippen molar-refractivity contribution in [2.75, 3.05) is 6.61 Å². The number of carbonyl (C=O) groups is 2. The van der Waals surface area contributed by atoms with Crippen LogP contribution in [-0.2, 0) is 14.3 Å². The molecule has 1 heterocycles. The average Bonchev–Trinajstić information content (AvgIpc) is 3.49. The van der Waals surface area contributed by atoms with E-state index in [1.54, 1.807) is 36.4 Å². The number of nitrogens with one attached hydrogen (secondary N) is 1. The van der Waals surface area contributed by atoms with Crippen molar-refractivity contribution in [1.29, 1.82) is 0 Å². The Bertz CT molecular complexity index is 906. The molecule has 1 fully saturated rings. The van der Waals surface area contributed by atoms with Gasteiger partial charge in [0.25, 0.3) is 5.91 Å². The third-order valence-electron chi connectivity index (χ3n) is 4.44. The largest absolute Gasteiger partial charge is 0.488 e. The van der Waals surface area contributed by atoms with Crippen LogP contribution in [0.25, 0.3) is 6.08 Å². The Morgan fingerprint density at radius 2 is 1.93 bits per heavy atom. The Morgan fingerprint density at radius 3 is 2.67 bits per heavy atom. The number of amides is 1. The van der Waals surface area contributed by atoms with Crippen molar-refractivity contribution in [3.63, 3.8) is 0 Å². The Labute approximate surface area is 161 Å². The zero-order valence-corrected chi connectivity index (χ0v) is 15.2. The lowest BCUT2D eigenvalue weighted by atomic mass is 10.1. The van der Waals surface area contributed by atoms with Crippen LogP contribution in [0.3, 0.4) is 0 Å². The second-order valence-corrected chi connectivity index (χ2v) is 7.06. The van der Waals surface area contributed by atoms with Gasteiger partial charge in [0.1, 0.15) is 12.4 Å². The molecule has 1 atom stereocenters. The van der Waals surface area contributed by atoms with Gasteiger partial charge in [-0.25, -0.2) is 4.79 Å². The van der Waals surface area contributed by atoms with Gasteiger partial charge in [0.2, 0.25) is 6.10 Å². The summed E-state index contributed by atoms with van der Waals surface area (Å²) in [6.07, 6.45) is 2.60. The van der Waals surface area contributed by atoms with Crippen molar-refractivity contribution >= 4 is 29.6 Å². The smallest absolute Gasteiger partial charge is 0.338 e. The fourth-order valence-corrected chi connectivity index (χ4v) is 3.03. The van der Waals surface area contributed by atoms with E-state index in [1.165, 1.54) is 0 Å². The average molecular weight is 384 g/mol. The van der Waals surface area contributed by atoms with Gasteiger partial charge < -0.3 is 14.8 Å².